The van der Waals surface area contributed by atoms with Gasteiger partial charge in [-0.1, -0.05) is 69.6 Å². The fourth-order valence-corrected chi connectivity index (χ4v) is 5.19. The van der Waals surface area contributed by atoms with Crippen molar-refractivity contribution in [3.8, 4) is 0 Å². The number of aliphatic hydroxyl groups excluding tert-OH is 5. The number of phosphoric acid groups is 1. The molecule has 0 aromatic heterocycles. The average Bonchev–Trinajstić information content (AvgIpc) is 3.00. The number of carbonyl (C=O) groups excluding carboxylic acids is 2. The van der Waals surface area contributed by atoms with Crippen molar-refractivity contribution in [1.82, 2.24) is 0 Å². The van der Waals surface area contributed by atoms with Gasteiger partial charge in [-0.15, -0.1) is 0 Å². The summed E-state index contributed by atoms with van der Waals surface area (Å²) in [5.74, 6) is -1.23. The summed E-state index contributed by atoms with van der Waals surface area (Å²) in [5.41, 5.74) is 0. The summed E-state index contributed by atoms with van der Waals surface area (Å²) in [6.45, 7) is 2.45. The second kappa shape index (κ2) is 22.6. The molecular weight excluding hydrogens is 599 g/mol. The minimum atomic E-state index is -5.08. The van der Waals surface area contributed by atoms with Crippen molar-refractivity contribution in [3.63, 3.8) is 0 Å². The van der Waals surface area contributed by atoms with Crippen molar-refractivity contribution < 1.29 is 63.1 Å². The standard InChI is InChI=1S/C30H51O13P/c1-3-5-6-7-8-9-10-11-12-13-14-15-16-17-18-19-24(32)42-22(20-40-23(31)4-2)21-41-44(38,39)43-30-28(36)26(34)25(33)27(35)29(30)37/h5-6,8-9,11-12,22,25-30,33-37H,3-4,7,10,13-21H2,1-2H3,(H,38,39)/b6-5-,9-8-,12-11-. The first kappa shape index (κ1) is 40.1. The zero-order valence-corrected chi connectivity index (χ0v) is 26.6. The second-order valence-corrected chi connectivity index (χ2v) is 11.9. The molecule has 0 heterocycles. The van der Waals surface area contributed by atoms with E-state index in [1.54, 1.807) is 6.92 Å². The number of aliphatic hydroxyl groups is 5. The van der Waals surface area contributed by atoms with E-state index in [0.29, 0.717) is 6.42 Å². The molecule has 0 spiro atoms. The van der Waals surface area contributed by atoms with E-state index in [2.05, 4.69) is 43.4 Å². The van der Waals surface area contributed by atoms with Gasteiger partial charge < -0.3 is 39.9 Å². The smallest absolute Gasteiger partial charge is 0.462 e. The molecule has 14 heteroatoms. The summed E-state index contributed by atoms with van der Waals surface area (Å²) in [4.78, 5) is 34.1. The SMILES string of the molecule is CC/C=C\C/C=C\C/C=C\CCCCCCCC(=O)OC(COC(=O)CC)COP(=O)(O)OC1C(O)C(O)C(O)C(O)C1O. The molecule has 6 atom stereocenters. The molecule has 254 valence electrons. The molecule has 44 heavy (non-hydrogen) atoms. The van der Waals surface area contributed by atoms with E-state index in [0.717, 1.165) is 51.4 Å². The number of ether oxygens (including phenoxy) is 2. The van der Waals surface area contributed by atoms with E-state index in [4.69, 9.17) is 18.5 Å². The van der Waals surface area contributed by atoms with Crippen LogP contribution in [0.15, 0.2) is 36.5 Å². The molecule has 6 unspecified atom stereocenters. The van der Waals surface area contributed by atoms with Gasteiger partial charge in [-0.25, -0.2) is 4.57 Å². The number of hydrogen-bond acceptors (Lipinski definition) is 12. The molecule has 1 saturated carbocycles. The number of esters is 2. The Labute approximate surface area is 259 Å². The third kappa shape index (κ3) is 16.4. The van der Waals surface area contributed by atoms with E-state index in [1.165, 1.54) is 0 Å². The zero-order valence-electron chi connectivity index (χ0n) is 25.7. The summed E-state index contributed by atoms with van der Waals surface area (Å²) in [5, 5.41) is 49.3. The summed E-state index contributed by atoms with van der Waals surface area (Å²) in [6, 6.07) is 0. The highest BCUT2D eigenvalue weighted by molar-refractivity contribution is 7.47. The number of carbonyl (C=O) groups is 2. The highest BCUT2D eigenvalue weighted by Gasteiger charge is 2.51. The van der Waals surface area contributed by atoms with Gasteiger partial charge in [0.1, 0.15) is 43.2 Å². The minimum absolute atomic E-state index is 0.0425. The van der Waals surface area contributed by atoms with Gasteiger partial charge in [-0.3, -0.25) is 18.6 Å². The van der Waals surface area contributed by atoms with Crippen LogP contribution in [0, 0.1) is 0 Å². The molecule has 13 nitrogen and oxygen atoms in total. The number of phosphoric ester groups is 1. The van der Waals surface area contributed by atoms with Crippen LogP contribution in [0.1, 0.15) is 84.5 Å². The Morgan fingerprint density at radius 3 is 1.89 bits per heavy atom. The molecule has 1 fully saturated rings. The first-order valence-corrected chi connectivity index (χ1v) is 16.8. The summed E-state index contributed by atoms with van der Waals surface area (Å²) in [7, 11) is -5.08. The molecule has 1 rings (SSSR count). The minimum Gasteiger partial charge on any atom is -0.462 e. The van der Waals surface area contributed by atoms with E-state index in [-0.39, 0.29) is 12.8 Å². The van der Waals surface area contributed by atoms with Crippen molar-refractivity contribution in [1.29, 1.82) is 0 Å². The second-order valence-electron chi connectivity index (χ2n) is 10.5. The number of hydrogen-bond donors (Lipinski definition) is 6. The van der Waals surface area contributed by atoms with Gasteiger partial charge in [0.15, 0.2) is 6.10 Å². The molecule has 1 aliphatic rings. The third-order valence-electron chi connectivity index (χ3n) is 6.80. The van der Waals surface area contributed by atoms with Gasteiger partial charge in [0.25, 0.3) is 0 Å². The maximum Gasteiger partial charge on any atom is 0.472 e. The average molecular weight is 651 g/mol. The van der Waals surface area contributed by atoms with Crippen LogP contribution in [0.2, 0.25) is 0 Å². The van der Waals surface area contributed by atoms with Crippen molar-refractivity contribution in [2.75, 3.05) is 13.2 Å². The quantitative estimate of drug-likeness (QED) is 0.0432. The molecule has 0 amide bonds. The molecule has 0 bridgehead atoms. The van der Waals surface area contributed by atoms with Crippen LogP contribution >= 0.6 is 7.82 Å². The highest BCUT2D eigenvalue weighted by atomic mass is 31.2. The summed E-state index contributed by atoms with van der Waals surface area (Å²) >= 11 is 0. The molecular formula is C30H51O13P. The van der Waals surface area contributed by atoms with Crippen LogP contribution in [0.4, 0.5) is 0 Å². The van der Waals surface area contributed by atoms with Gasteiger partial charge in [0, 0.05) is 12.8 Å². The normalized spacial score (nSPS) is 26.3. The molecule has 6 N–H and O–H groups in total. The molecule has 0 saturated heterocycles. The Hall–Kier alpha value is -1.93. The number of allylic oxidation sites excluding steroid dienone is 6. The number of unbranched alkanes of at least 4 members (excludes halogenated alkanes) is 5. The van der Waals surface area contributed by atoms with Crippen molar-refractivity contribution in [3.05, 3.63) is 36.5 Å². The Kier molecular flexibility index (Phi) is 20.6. The maximum atomic E-state index is 12.5. The first-order chi connectivity index (χ1) is 20.9. The van der Waals surface area contributed by atoms with E-state index in [1.807, 2.05) is 0 Å². The molecule has 0 aromatic carbocycles. The fraction of sp³-hybridized carbons (Fsp3) is 0.733. The molecule has 0 aromatic rings. The fourth-order valence-electron chi connectivity index (χ4n) is 4.22. The first-order valence-electron chi connectivity index (χ1n) is 15.3. The lowest BCUT2D eigenvalue weighted by Crippen LogP contribution is -2.64. The van der Waals surface area contributed by atoms with E-state index >= 15 is 0 Å². The van der Waals surface area contributed by atoms with Gasteiger partial charge in [0.2, 0.25) is 0 Å². The topological polar surface area (TPSA) is 210 Å². The highest BCUT2D eigenvalue weighted by Crippen LogP contribution is 2.47. The lowest BCUT2D eigenvalue weighted by Gasteiger charge is -2.41. The van der Waals surface area contributed by atoms with Crippen LogP contribution < -0.4 is 0 Å². The predicted molar refractivity (Wildman–Crippen MR) is 161 cm³/mol. The van der Waals surface area contributed by atoms with Crippen molar-refractivity contribution >= 4 is 19.8 Å². The predicted octanol–water partition coefficient (Wildman–Crippen LogP) is 2.76. The Balaban J connectivity index is 2.43. The maximum absolute atomic E-state index is 12.5. The van der Waals surface area contributed by atoms with Gasteiger partial charge in [-0.05, 0) is 38.5 Å². The molecule has 0 radical (unpaired) electrons. The van der Waals surface area contributed by atoms with E-state index in [9.17, 15) is 44.6 Å². The Morgan fingerprint density at radius 2 is 1.27 bits per heavy atom. The molecule has 1 aliphatic carbocycles. The van der Waals surface area contributed by atoms with Gasteiger partial charge >= 0.3 is 19.8 Å². The molecule has 0 aliphatic heterocycles. The number of rotatable bonds is 22. The summed E-state index contributed by atoms with van der Waals surface area (Å²) in [6.07, 6.45) is 8.11. The monoisotopic (exact) mass is 650 g/mol. The van der Waals surface area contributed by atoms with Crippen LogP contribution in [0.3, 0.4) is 0 Å². The van der Waals surface area contributed by atoms with Crippen molar-refractivity contribution in [2.45, 2.75) is 127 Å². The summed E-state index contributed by atoms with van der Waals surface area (Å²) < 4.78 is 32.4. The largest absolute Gasteiger partial charge is 0.472 e. The van der Waals surface area contributed by atoms with Crippen molar-refractivity contribution in [2.24, 2.45) is 0 Å². The van der Waals surface area contributed by atoms with Gasteiger partial charge in [-0.2, -0.15) is 0 Å². The Morgan fingerprint density at radius 1 is 0.727 bits per heavy atom. The van der Waals surface area contributed by atoms with Crippen LogP contribution in [0.5, 0.6) is 0 Å². The third-order valence-corrected chi connectivity index (χ3v) is 7.79. The van der Waals surface area contributed by atoms with Gasteiger partial charge in [0.05, 0.1) is 6.61 Å². The zero-order chi connectivity index (χ0) is 33.0. The van der Waals surface area contributed by atoms with Crippen LogP contribution in [-0.4, -0.2) is 98.3 Å². The van der Waals surface area contributed by atoms with E-state index < -0.39 is 75.7 Å². The Bertz CT molecular complexity index is 937. The van der Waals surface area contributed by atoms with Crippen LogP contribution in [0.25, 0.3) is 0 Å². The lowest BCUT2D eigenvalue weighted by atomic mass is 9.85. The van der Waals surface area contributed by atoms with Crippen LogP contribution in [-0.2, 0) is 32.7 Å². The lowest BCUT2D eigenvalue weighted by molar-refractivity contribution is -0.220.